The summed E-state index contributed by atoms with van der Waals surface area (Å²) in [6, 6.07) is 11.4. The van der Waals surface area contributed by atoms with Crippen LogP contribution in [0.15, 0.2) is 54.7 Å². The first-order chi connectivity index (χ1) is 15.1. The molecule has 0 atom stereocenters. The molecule has 2 aromatic carbocycles. The Hall–Kier alpha value is -3.05. The fraction of sp³-hybridized carbons (Fsp3) is 0.200. The topological polar surface area (TPSA) is 84.3 Å². The Morgan fingerprint density at radius 1 is 1.03 bits per heavy atom. The molecule has 1 aliphatic heterocycles. The highest BCUT2D eigenvalue weighted by Gasteiger charge is 2.40. The van der Waals surface area contributed by atoms with Crippen molar-refractivity contribution >= 4 is 38.9 Å². The van der Waals surface area contributed by atoms with Gasteiger partial charge in [-0.05, 0) is 55.0 Å². The van der Waals surface area contributed by atoms with Crippen LogP contribution < -0.4 is 9.62 Å². The molecular formula is C20H16ClF3N4O3S. The molecule has 3 aromatic rings. The van der Waals surface area contributed by atoms with E-state index >= 15 is 0 Å². The second kappa shape index (κ2) is 8.14. The number of amides is 1. The summed E-state index contributed by atoms with van der Waals surface area (Å²) >= 11 is 5.79. The zero-order valence-electron chi connectivity index (χ0n) is 16.3. The molecule has 1 N–H and O–H groups in total. The second-order valence-electron chi connectivity index (χ2n) is 7.04. The average molecular weight is 485 g/mol. The van der Waals surface area contributed by atoms with E-state index in [4.69, 9.17) is 11.6 Å². The highest BCUT2D eigenvalue weighted by molar-refractivity contribution is 7.93. The summed E-state index contributed by atoms with van der Waals surface area (Å²) in [7, 11) is -3.37. The first-order valence-corrected chi connectivity index (χ1v) is 11.4. The van der Waals surface area contributed by atoms with Crippen molar-refractivity contribution in [1.29, 1.82) is 0 Å². The fourth-order valence-corrected chi connectivity index (χ4v) is 5.09. The van der Waals surface area contributed by atoms with Gasteiger partial charge in [-0.3, -0.25) is 9.10 Å². The third-order valence-corrected chi connectivity index (χ3v) is 6.99. The van der Waals surface area contributed by atoms with E-state index in [-0.39, 0.29) is 17.1 Å². The molecule has 4 rings (SSSR count). The molecule has 0 radical (unpaired) electrons. The van der Waals surface area contributed by atoms with E-state index in [0.29, 0.717) is 28.4 Å². The number of sulfonamides is 1. The predicted molar refractivity (Wildman–Crippen MR) is 114 cm³/mol. The van der Waals surface area contributed by atoms with E-state index in [2.05, 4.69) is 10.4 Å². The summed E-state index contributed by atoms with van der Waals surface area (Å²) in [5, 5.41) is 6.49. The fourth-order valence-electron chi connectivity index (χ4n) is 3.40. The maximum Gasteiger partial charge on any atom is 0.434 e. The van der Waals surface area contributed by atoms with Gasteiger partial charge in [-0.15, -0.1) is 0 Å². The van der Waals surface area contributed by atoms with Gasteiger partial charge >= 0.3 is 6.18 Å². The Balaban J connectivity index is 1.60. The van der Waals surface area contributed by atoms with Gasteiger partial charge < -0.3 is 5.32 Å². The smallest absolute Gasteiger partial charge is 0.322 e. The summed E-state index contributed by atoms with van der Waals surface area (Å²) in [6.07, 6.45) is -3.49. The molecule has 0 saturated carbocycles. The molecule has 0 unspecified atom stereocenters. The number of hydrogen-bond donors (Lipinski definition) is 1. The Kier molecular flexibility index (Phi) is 5.63. The molecule has 1 aromatic heterocycles. The zero-order chi connectivity index (χ0) is 23.1. The van der Waals surface area contributed by atoms with Gasteiger partial charge in [-0.1, -0.05) is 11.6 Å². The summed E-state index contributed by atoms with van der Waals surface area (Å²) in [5.74, 6) is -0.942. The summed E-state index contributed by atoms with van der Waals surface area (Å²) in [5.41, 5.74) is -1.15. The average Bonchev–Trinajstić information content (AvgIpc) is 3.32. The summed E-state index contributed by atoms with van der Waals surface area (Å²) in [6.45, 7) is 0.354. The van der Waals surface area contributed by atoms with Gasteiger partial charge in [0, 0.05) is 17.3 Å². The minimum atomic E-state index is -4.85. The number of carbonyl (C=O) groups is 1. The largest absolute Gasteiger partial charge is 0.434 e. The highest BCUT2D eigenvalue weighted by Crippen LogP contribution is 2.34. The number of hydrogen-bond acceptors (Lipinski definition) is 4. The number of carbonyl (C=O) groups excluding carboxylic acids is 1. The molecule has 0 aliphatic carbocycles. The first-order valence-electron chi connectivity index (χ1n) is 9.39. The van der Waals surface area contributed by atoms with E-state index in [1.54, 1.807) is 0 Å². The van der Waals surface area contributed by atoms with E-state index in [1.165, 1.54) is 52.8 Å². The molecule has 0 bridgehead atoms. The molecule has 168 valence electrons. The van der Waals surface area contributed by atoms with Gasteiger partial charge in [-0.25, -0.2) is 13.1 Å². The van der Waals surface area contributed by atoms with Crippen molar-refractivity contribution < 1.29 is 26.4 Å². The molecule has 1 fully saturated rings. The van der Waals surface area contributed by atoms with Gasteiger partial charge in [0.1, 0.15) is 0 Å². The van der Waals surface area contributed by atoms with Gasteiger partial charge in [-0.2, -0.15) is 18.3 Å². The molecule has 1 aliphatic rings. The number of anilines is 2. The normalized spacial score (nSPS) is 15.7. The van der Waals surface area contributed by atoms with Crippen LogP contribution in [0.5, 0.6) is 0 Å². The van der Waals surface area contributed by atoms with Crippen molar-refractivity contribution in [3.63, 3.8) is 0 Å². The van der Waals surface area contributed by atoms with Crippen molar-refractivity contribution in [2.45, 2.75) is 12.6 Å². The summed E-state index contributed by atoms with van der Waals surface area (Å²) in [4.78, 5) is 12.6. The van der Waals surface area contributed by atoms with E-state index in [9.17, 15) is 26.4 Å². The van der Waals surface area contributed by atoms with Crippen molar-refractivity contribution in [2.24, 2.45) is 0 Å². The van der Waals surface area contributed by atoms with E-state index < -0.39 is 33.4 Å². The number of aromatic nitrogens is 2. The molecule has 1 amide bonds. The quantitative estimate of drug-likeness (QED) is 0.597. The van der Waals surface area contributed by atoms with Gasteiger partial charge in [0.2, 0.25) is 10.0 Å². The SMILES string of the molecule is O=C(Nc1ccc(N2CCCS2(=O)=O)cc1)c1cnn(-c2ccc(Cl)cc2)c1C(F)(F)F. The third-order valence-electron chi connectivity index (χ3n) is 4.87. The Morgan fingerprint density at radius 2 is 1.66 bits per heavy atom. The standard InChI is InChI=1S/C20H16ClF3N4O3S/c21-13-2-6-16(7-3-13)28-18(20(22,23)24)17(12-25-28)19(29)26-14-4-8-15(9-5-14)27-10-1-11-32(27,30)31/h2-9,12H,1,10-11H2,(H,26,29). The van der Waals surface area contributed by atoms with Crippen LogP contribution in [0.25, 0.3) is 5.69 Å². The van der Waals surface area contributed by atoms with Gasteiger partial charge in [0.15, 0.2) is 5.69 Å². The monoisotopic (exact) mass is 484 g/mol. The Labute approximate surface area is 186 Å². The predicted octanol–water partition coefficient (Wildman–Crippen LogP) is 4.34. The number of halogens is 4. The Bertz CT molecular complexity index is 1260. The number of nitrogens with zero attached hydrogens (tertiary/aromatic N) is 3. The van der Waals surface area contributed by atoms with Crippen molar-refractivity contribution in [1.82, 2.24) is 9.78 Å². The molecular weight excluding hydrogens is 469 g/mol. The van der Waals surface area contributed by atoms with Crippen LogP contribution in [-0.2, 0) is 16.2 Å². The van der Waals surface area contributed by atoms with Gasteiger partial charge in [0.25, 0.3) is 5.91 Å². The van der Waals surface area contributed by atoms with E-state index in [0.717, 1.165) is 6.20 Å². The molecule has 12 heteroatoms. The highest BCUT2D eigenvalue weighted by atomic mass is 35.5. The minimum Gasteiger partial charge on any atom is -0.322 e. The van der Waals surface area contributed by atoms with Gasteiger partial charge in [0.05, 0.1) is 28.9 Å². The van der Waals surface area contributed by atoms with Crippen LogP contribution >= 0.6 is 11.6 Å². The lowest BCUT2D eigenvalue weighted by Gasteiger charge is -2.17. The van der Waals surface area contributed by atoms with Crippen molar-refractivity contribution in [3.8, 4) is 5.69 Å². The maximum atomic E-state index is 13.8. The Morgan fingerprint density at radius 3 is 2.22 bits per heavy atom. The third kappa shape index (κ3) is 4.30. The number of rotatable bonds is 4. The lowest BCUT2D eigenvalue weighted by molar-refractivity contribution is -0.143. The zero-order valence-corrected chi connectivity index (χ0v) is 17.9. The van der Waals surface area contributed by atoms with Crippen molar-refractivity contribution in [3.05, 3.63) is 71.0 Å². The maximum absolute atomic E-state index is 13.8. The van der Waals surface area contributed by atoms with E-state index in [1.807, 2.05) is 0 Å². The van der Waals surface area contributed by atoms with Crippen LogP contribution in [0.1, 0.15) is 22.5 Å². The number of benzene rings is 2. The molecule has 7 nitrogen and oxygen atoms in total. The first kappa shape index (κ1) is 22.2. The van der Waals surface area contributed by atoms with Crippen LogP contribution in [-0.4, -0.2) is 36.4 Å². The molecule has 0 spiro atoms. The lowest BCUT2D eigenvalue weighted by atomic mass is 10.2. The van der Waals surface area contributed by atoms with Crippen LogP contribution in [0.4, 0.5) is 24.5 Å². The lowest BCUT2D eigenvalue weighted by Crippen LogP contribution is -2.25. The number of alkyl halides is 3. The minimum absolute atomic E-state index is 0.0588. The van der Waals surface area contributed by atoms with Crippen LogP contribution in [0.3, 0.4) is 0 Å². The summed E-state index contributed by atoms with van der Waals surface area (Å²) < 4.78 is 67.2. The number of nitrogens with one attached hydrogen (secondary N) is 1. The molecule has 32 heavy (non-hydrogen) atoms. The molecule has 2 heterocycles. The molecule has 1 saturated heterocycles. The van der Waals surface area contributed by atoms with Crippen LogP contribution in [0.2, 0.25) is 5.02 Å². The van der Waals surface area contributed by atoms with Crippen molar-refractivity contribution in [2.75, 3.05) is 21.9 Å². The van der Waals surface area contributed by atoms with Crippen LogP contribution in [0, 0.1) is 0 Å². The second-order valence-corrected chi connectivity index (χ2v) is 9.48.